The van der Waals surface area contributed by atoms with Gasteiger partial charge in [-0.2, -0.15) is 0 Å². The summed E-state index contributed by atoms with van der Waals surface area (Å²) in [5, 5.41) is 6.98. The molecule has 2 rings (SSSR count). The molecule has 2 atom stereocenters. The van der Waals surface area contributed by atoms with E-state index in [2.05, 4.69) is 5.32 Å². The van der Waals surface area contributed by atoms with E-state index in [4.69, 9.17) is 5.14 Å². The van der Waals surface area contributed by atoms with Crippen molar-refractivity contribution >= 4 is 37.1 Å². The summed E-state index contributed by atoms with van der Waals surface area (Å²) >= 11 is 0.632. The van der Waals surface area contributed by atoms with Crippen LogP contribution in [-0.4, -0.2) is 28.0 Å². The van der Waals surface area contributed by atoms with Crippen LogP contribution in [-0.2, 0) is 24.7 Å². The molecular weight excluding hydrogens is 324 g/mol. The molecule has 0 saturated carbocycles. The van der Waals surface area contributed by atoms with Gasteiger partial charge in [0.2, 0.25) is 15.9 Å². The van der Waals surface area contributed by atoms with Crippen molar-refractivity contribution in [3.63, 3.8) is 0 Å². The number of carbonyl (C=O) groups is 1. The van der Waals surface area contributed by atoms with E-state index in [0.717, 1.165) is 0 Å². The Balaban J connectivity index is 2.64. The van der Waals surface area contributed by atoms with Gasteiger partial charge in [-0.3, -0.25) is 4.79 Å². The molecule has 0 aliphatic carbocycles. The first-order chi connectivity index (χ1) is 9.03. The zero-order valence-electron chi connectivity index (χ0n) is 10.8. The zero-order chi connectivity index (χ0) is 15.3. The largest absolute Gasteiger partial charge is 0.349 e. The van der Waals surface area contributed by atoms with E-state index in [1.54, 1.807) is 0 Å². The molecule has 1 amide bonds. The van der Waals surface area contributed by atoms with E-state index in [0.29, 0.717) is 16.9 Å². The number of nitrogens with one attached hydrogen (secondary N) is 1. The molecule has 1 aliphatic rings. The Labute approximate surface area is 121 Å². The lowest BCUT2D eigenvalue weighted by molar-refractivity contribution is -0.119. The van der Waals surface area contributed by atoms with Gasteiger partial charge in [-0.05, 0) is 19.4 Å². The summed E-state index contributed by atoms with van der Waals surface area (Å²) in [6.45, 7) is 2.85. The maximum Gasteiger partial charge on any atom is 0.247 e. The number of sulfonamides is 1. The summed E-state index contributed by atoms with van der Waals surface area (Å²) in [7, 11) is -7.56. The fourth-order valence-corrected chi connectivity index (χ4v) is 6.54. The van der Waals surface area contributed by atoms with Gasteiger partial charge in [-0.25, -0.2) is 22.0 Å². The summed E-state index contributed by atoms with van der Waals surface area (Å²) < 4.78 is 47.0. The van der Waals surface area contributed by atoms with Gasteiger partial charge in [-0.1, -0.05) is 0 Å². The van der Waals surface area contributed by atoms with Gasteiger partial charge < -0.3 is 5.32 Å². The van der Waals surface area contributed by atoms with Crippen LogP contribution in [0.1, 0.15) is 31.9 Å². The molecule has 3 N–H and O–H groups in total. The second-order valence-corrected chi connectivity index (χ2v) is 10.1. The molecule has 0 saturated heterocycles. The first-order valence-corrected chi connectivity index (χ1v) is 9.62. The summed E-state index contributed by atoms with van der Waals surface area (Å²) in [6, 6.07) is 0.715. The van der Waals surface area contributed by atoms with Crippen LogP contribution in [0.5, 0.6) is 0 Å². The van der Waals surface area contributed by atoms with Crippen molar-refractivity contribution in [3.05, 3.63) is 11.6 Å². The summed E-state index contributed by atoms with van der Waals surface area (Å²) in [6.07, 6.45) is 0.204. The van der Waals surface area contributed by atoms with Crippen molar-refractivity contribution < 1.29 is 21.6 Å². The number of thiophene rings is 1. The number of primary sulfonamides is 1. The smallest absolute Gasteiger partial charge is 0.247 e. The maximum absolute atomic E-state index is 12.2. The molecule has 1 aromatic rings. The second kappa shape index (κ2) is 4.79. The number of nitrogens with two attached hydrogens (primary N) is 1. The van der Waals surface area contributed by atoms with Crippen LogP contribution in [0.15, 0.2) is 14.5 Å². The number of carbonyl (C=O) groups excluding carboxylic acids is 1. The highest BCUT2D eigenvalue weighted by Crippen LogP contribution is 2.42. The SMILES string of the molecule is CC(=O)N[C@H]1CC(C)S(=O)(=O)c2sc(S(N)(=O)=O)cc21. The Hall–Kier alpha value is -0.970. The minimum Gasteiger partial charge on any atom is -0.349 e. The molecule has 20 heavy (non-hydrogen) atoms. The van der Waals surface area contributed by atoms with Crippen LogP contribution in [0.25, 0.3) is 0 Å². The van der Waals surface area contributed by atoms with Gasteiger partial charge in [-0.15, -0.1) is 11.3 Å². The van der Waals surface area contributed by atoms with Gasteiger partial charge in [0.05, 0.1) is 11.3 Å². The van der Waals surface area contributed by atoms with E-state index in [-0.39, 0.29) is 20.7 Å². The molecule has 0 fully saturated rings. The lowest BCUT2D eigenvalue weighted by Gasteiger charge is -2.27. The van der Waals surface area contributed by atoms with E-state index >= 15 is 0 Å². The average molecular weight is 338 g/mol. The normalized spacial score (nSPS) is 24.9. The number of rotatable bonds is 2. The Morgan fingerprint density at radius 3 is 2.60 bits per heavy atom. The summed E-state index contributed by atoms with van der Waals surface area (Å²) in [5.41, 5.74) is 0.298. The van der Waals surface area contributed by atoms with Crippen LogP contribution < -0.4 is 10.5 Å². The molecule has 7 nitrogen and oxygen atoms in total. The van der Waals surface area contributed by atoms with E-state index in [9.17, 15) is 21.6 Å². The topological polar surface area (TPSA) is 123 Å². The molecule has 2 heterocycles. The maximum atomic E-state index is 12.2. The predicted octanol–water partition coefficient (Wildman–Crippen LogP) is 0.139. The molecule has 1 aliphatic heterocycles. The van der Waals surface area contributed by atoms with E-state index < -0.39 is 31.2 Å². The van der Waals surface area contributed by atoms with Crippen molar-refractivity contribution in [2.75, 3.05) is 0 Å². The quantitative estimate of drug-likeness (QED) is 0.794. The van der Waals surface area contributed by atoms with Crippen LogP contribution in [0.3, 0.4) is 0 Å². The number of amides is 1. The molecule has 112 valence electrons. The molecule has 1 aromatic heterocycles. The Morgan fingerprint density at radius 1 is 1.50 bits per heavy atom. The van der Waals surface area contributed by atoms with Crippen molar-refractivity contribution in [1.29, 1.82) is 0 Å². The fourth-order valence-electron chi connectivity index (χ4n) is 2.12. The van der Waals surface area contributed by atoms with Crippen molar-refractivity contribution in [1.82, 2.24) is 5.32 Å². The first kappa shape index (κ1) is 15.4. The summed E-state index contributed by atoms with van der Waals surface area (Å²) in [5.74, 6) is -0.309. The molecule has 1 unspecified atom stereocenters. The van der Waals surface area contributed by atoms with Gasteiger partial charge in [0.25, 0.3) is 0 Å². The number of hydrogen-bond donors (Lipinski definition) is 2. The van der Waals surface area contributed by atoms with Crippen molar-refractivity contribution in [3.8, 4) is 0 Å². The highest BCUT2D eigenvalue weighted by Gasteiger charge is 2.39. The number of hydrogen-bond acceptors (Lipinski definition) is 6. The first-order valence-electron chi connectivity index (χ1n) is 5.71. The van der Waals surface area contributed by atoms with Crippen LogP contribution in [0.4, 0.5) is 0 Å². The number of sulfone groups is 1. The highest BCUT2D eigenvalue weighted by atomic mass is 32.3. The molecule has 0 spiro atoms. The van der Waals surface area contributed by atoms with E-state index in [1.165, 1.54) is 19.9 Å². The van der Waals surface area contributed by atoms with Gasteiger partial charge in [0, 0.05) is 12.5 Å². The Bertz CT molecular complexity index is 763. The Morgan fingerprint density at radius 2 is 2.10 bits per heavy atom. The van der Waals surface area contributed by atoms with Crippen LogP contribution in [0, 0.1) is 0 Å². The molecule has 0 radical (unpaired) electrons. The lowest BCUT2D eigenvalue weighted by atomic mass is 10.1. The summed E-state index contributed by atoms with van der Waals surface area (Å²) in [4.78, 5) is 11.2. The van der Waals surface area contributed by atoms with Crippen molar-refractivity contribution in [2.45, 2.75) is 40.0 Å². The highest BCUT2D eigenvalue weighted by molar-refractivity contribution is 7.95. The predicted molar refractivity (Wildman–Crippen MR) is 73.5 cm³/mol. The van der Waals surface area contributed by atoms with Gasteiger partial charge in [0.1, 0.15) is 8.42 Å². The van der Waals surface area contributed by atoms with Crippen molar-refractivity contribution in [2.24, 2.45) is 5.14 Å². The van der Waals surface area contributed by atoms with Gasteiger partial charge >= 0.3 is 0 Å². The van der Waals surface area contributed by atoms with Crippen LogP contribution >= 0.6 is 11.3 Å². The second-order valence-electron chi connectivity index (χ2n) is 4.70. The average Bonchev–Trinajstić information content (AvgIpc) is 2.70. The van der Waals surface area contributed by atoms with E-state index in [1.807, 2.05) is 0 Å². The zero-order valence-corrected chi connectivity index (χ0v) is 13.2. The third kappa shape index (κ3) is 2.60. The van der Waals surface area contributed by atoms with Gasteiger partial charge in [0.15, 0.2) is 9.84 Å². The minimum atomic E-state index is -3.98. The number of fused-ring (bicyclic) bond motifs is 1. The Kier molecular flexibility index (Phi) is 3.70. The molecule has 10 heteroatoms. The molecular formula is C10H14N2O5S3. The standard InChI is InChI=1S/C10H14N2O5S3/c1-5-3-8(12-6(2)13)7-4-9(20(11,16)17)18-10(7)19(5,14)15/h4-5,8H,3H2,1-2H3,(H,12,13)(H2,11,16,17)/t5?,8-/m0/s1. The third-order valence-corrected chi connectivity index (χ3v) is 8.41. The lowest BCUT2D eigenvalue weighted by Crippen LogP contribution is -2.35. The van der Waals surface area contributed by atoms with Crippen LogP contribution in [0.2, 0.25) is 0 Å². The molecule has 0 aromatic carbocycles. The third-order valence-electron chi connectivity index (χ3n) is 3.09. The minimum absolute atomic E-state index is 0.0287. The monoisotopic (exact) mass is 338 g/mol. The molecule has 0 bridgehead atoms. The fraction of sp³-hybridized carbons (Fsp3) is 0.500.